The molecule has 128 valence electrons. The second kappa shape index (κ2) is 7.33. The molecule has 0 aliphatic heterocycles. The second-order valence-corrected chi connectivity index (χ2v) is 6.61. The Morgan fingerprint density at radius 2 is 1.67 bits per heavy atom. The van der Waals surface area contributed by atoms with Gasteiger partial charge in [-0.15, -0.1) is 0 Å². The molecule has 0 atom stereocenters. The summed E-state index contributed by atoms with van der Waals surface area (Å²) in [5, 5.41) is 8.84. The first kappa shape index (κ1) is 17.8. The standard InChI is InChI=1S/C16H17NO6S/c1-22-14-8-3-11(9-15(14)23-2)10-17-24(20,21)13-6-4-12(5-7-13)16(18)19/h3-9,17H,10H2,1-2H3,(H,18,19). The van der Waals surface area contributed by atoms with Gasteiger partial charge in [-0.05, 0) is 42.0 Å². The van der Waals surface area contributed by atoms with Crippen molar-refractivity contribution in [3.63, 3.8) is 0 Å². The van der Waals surface area contributed by atoms with E-state index in [-0.39, 0.29) is 17.0 Å². The summed E-state index contributed by atoms with van der Waals surface area (Å²) in [7, 11) is -0.740. The average molecular weight is 351 g/mol. The van der Waals surface area contributed by atoms with Crippen LogP contribution in [0.3, 0.4) is 0 Å². The van der Waals surface area contributed by atoms with Crippen LogP contribution < -0.4 is 14.2 Å². The van der Waals surface area contributed by atoms with Crippen molar-refractivity contribution in [1.29, 1.82) is 0 Å². The van der Waals surface area contributed by atoms with E-state index >= 15 is 0 Å². The molecule has 0 saturated heterocycles. The van der Waals surface area contributed by atoms with Gasteiger partial charge in [-0.25, -0.2) is 17.9 Å². The van der Waals surface area contributed by atoms with Crippen molar-refractivity contribution in [2.24, 2.45) is 0 Å². The predicted octanol–water partition coefficient (Wildman–Crippen LogP) is 1.88. The van der Waals surface area contributed by atoms with Crippen LogP contribution in [0.15, 0.2) is 47.4 Å². The molecule has 0 bridgehead atoms. The first-order valence-electron chi connectivity index (χ1n) is 6.91. The molecule has 0 spiro atoms. The van der Waals surface area contributed by atoms with E-state index in [0.717, 1.165) is 0 Å². The van der Waals surface area contributed by atoms with Gasteiger partial charge in [0.15, 0.2) is 11.5 Å². The highest BCUT2D eigenvalue weighted by Gasteiger charge is 2.15. The third-order valence-electron chi connectivity index (χ3n) is 3.33. The first-order chi connectivity index (χ1) is 11.4. The first-order valence-corrected chi connectivity index (χ1v) is 8.39. The second-order valence-electron chi connectivity index (χ2n) is 4.84. The zero-order chi connectivity index (χ0) is 17.7. The molecule has 0 fully saturated rings. The molecule has 2 N–H and O–H groups in total. The van der Waals surface area contributed by atoms with Crippen LogP contribution in [0.5, 0.6) is 11.5 Å². The van der Waals surface area contributed by atoms with E-state index in [0.29, 0.717) is 17.1 Å². The van der Waals surface area contributed by atoms with Gasteiger partial charge in [-0.3, -0.25) is 0 Å². The van der Waals surface area contributed by atoms with Crippen molar-refractivity contribution in [2.45, 2.75) is 11.4 Å². The summed E-state index contributed by atoms with van der Waals surface area (Å²) < 4.78 is 37.3. The summed E-state index contributed by atoms with van der Waals surface area (Å²) in [4.78, 5) is 10.8. The quantitative estimate of drug-likeness (QED) is 0.790. The summed E-state index contributed by atoms with van der Waals surface area (Å²) in [6.45, 7) is 0.0589. The largest absolute Gasteiger partial charge is 0.493 e. The molecule has 0 amide bonds. The number of sulfonamides is 1. The lowest BCUT2D eigenvalue weighted by Gasteiger charge is -2.11. The monoisotopic (exact) mass is 351 g/mol. The Bertz CT molecular complexity index is 830. The van der Waals surface area contributed by atoms with Crippen LogP contribution in [0.4, 0.5) is 0 Å². The van der Waals surface area contributed by atoms with Crippen LogP contribution in [0.2, 0.25) is 0 Å². The summed E-state index contributed by atoms with van der Waals surface area (Å²) >= 11 is 0. The number of carboxylic acid groups (broad SMARTS) is 1. The lowest BCUT2D eigenvalue weighted by atomic mass is 10.2. The zero-order valence-corrected chi connectivity index (χ0v) is 14.0. The van der Waals surface area contributed by atoms with Crippen LogP contribution in [-0.2, 0) is 16.6 Å². The fourth-order valence-corrected chi connectivity index (χ4v) is 3.05. The van der Waals surface area contributed by atoms with Gasteiger partial charge < -0.3 is 14.6 Å². The third-order valence-corrected chi connectivity index (χ3v) is 4.74. The fraction of sp³-hybridized carbons (Fsp3) is 0.188. The Hall–Kier alpha value is -2.58. The van der Waals surface area contributed by atoms with Crippen molar-refractivity contribution >= 4 is 16.0 Å². The molecular formula is C16H17NO6S. The molecule has 2 aromatic carbocycles. The summed E-state index contributed by atoms with van der Waals surface area (Å²) in [5.74, 6) is -0.0642. The topological polar surface area (TPSA) is 102 Å². The maximum absolute atomic E-state index is 12.2. The van der Waals surface area contributed by atoms with Gasteiger partial charge in [0.05, 0.1) is 24.7 Å². The van der Waals surface area contributed by atoms with Gasteiger partial charge in [0.25, 0.3) is 0 Å². The van der Waals surface area contributed by atoms with Crippen LogP contribution >= 0.6 is 0 Å². The molecule has 0 aromatic heterocycles. The highest BCUT2D eigenvalue weighted by molar-refractivity contribution is 7.89. The van der Waals surface area contributed by atoms with E-state index in [1.165, 1.54) is 38.5 Å². The van der Waals surface area contributed by atoms with Gasteiger partial charge >= 0.3 is 5.97 Å². The lowest BCUT2D eigenvalue weighted by molar-refractivity contribution is 0.0696. The van der Waals surface area contributed by atoms with Crippen LogP contribution in [0.1, 0.15) is 15.9 Å². The molecule has 0 heterocycles. The number of aromatic carboxylic acids is 1. The molecule has 0 saturated carbocycles. The van der Waals surface area contributed by atoms with Gasteiger partial charge in [0.1, 0.15) is 0 Å². The van der Waals surface area contributed by atoms with E-state index in [2.05, 4.69) is 4.72 Å². The van der Waals surface area contributed by atoms with E-state index in [9.17, 15) is 13.2 Å². The Balaban J connectivity index is 2.14. The van der Waals surface area contributed by atoms with Gasteiger partial charge in [0, 0.05) is 6.54 Å². The highest BCUT2D eigenvalue weighted by atomic mass is 32.2. The lowest BCUT2D eigenvalue weighted by Crippen LogP contribution is -2.23. The molecule has 2 rings (SSSR count). The van der Waals surface area contributed by atoms with Crippen molar-refractivity contribution in [2.75, 3.05) is 14.2 Å². The molecule has 0 aliphatic rings. The van der Waals surface area contributed by atoms with Crippen molar-refractivity contribution < 1.29 is 27.8 Å². The molecule has 24 heavy (non-hydrogen) atoms. The third kappa shape index (κ3) is 4.03. The van der Waals surface area contributed by atoms with E-state index in [4.69, 9.17) is 14.6 Å². The zero-order valence-electron chi connectivity index (χ0n) is 13.1. The summed E-state index contributed by atoms with van der Waals surface area (Å²) in [6, 6.07) is 10.1. The summed E-state index contributed by atoms with van der Waals surface area (Å²) in [5.41, 5.74) is 0.715. The number of nitrogens with one attached hydrogen (secondary N) is 1. The van der Waals surface area contributed by atoms with Gasteiger partial charge in [-0.1, -0.05) is 6.07 Å². The SMILES string of the molecule is COc1ccc(CNS(=O)(=O)c2ccc(C(=O)O)cc2)cc1OC. The van der Waals surface area contributed by atoms with Gasteiger partial charge in [0.2, 0.25) is 10.0 Å². The summed E-state index contributed by atoms with van der Waals surface area (Å²) in [6.07, 6.45) is 0. The molecule has 2 aromatic rings. The van der Waals surface area contributed by atoms with Crippen molar-refractivity contribution in [3.05, 3.63) is 53.6 Å². The molecule has 0 unspecified atom stereocenters. The number of carbonyl (C=O) groups is 1. The van der Waals surface area contributed by atoms with E-state index in [1.807, 2.05) is 0 Å². The van der Waals surface area contributed by atoms with Crippen molar-refractivity contribution in [1.82, 2.24) is 4.72 Å². The molecule has 7 nitrogen and oxygen atoms in total. The Morgan fingerprint density at radius 1 is 1.04 bits per heavy atom. The molecule has 8 heteroatoms. The minimum absolute atomic E-state index is 0.00650. The number of benzene rings is 2. The highest BCUT2D eigenvalue weighted by Crippen LogP contribution is 2.27. The number of ether oxygens (including phenoxy) is 2. The molecular weight excluding hydrogens is 334 g/mol. The fourth-order valence-electron chi connectivity index (χ4n) is 2.03. The maximum atomic E-state index is 12.2. The van der Waals surface area contributed by atoms with E-state index in [1.54, 1.807) is 18.2 Å². The normalized spacial score (nSPS) is 11.1. The van der Waals surface area contributed by atoms with Crippen LogP contribution in [0, 0.1) is 0 Å². The maximum Gasteiger partial charge on any atom is 0.335 e. The molecule has 0 aliphatic carbocycles. The molecule has 0 radical (unpaired) electrons. The minimum atomic E-state index is -3.75. The number of methoxy groups -OCH3 is 2. The Labute approximate surface area is 139 Å². The Kier molecular flexibility index (Phi) is 5.42. The number of hydrogen-bond donors (Lipinski definition) is 2. The number of rotatable bonds is 7. The van der Waals surface area contributed by atoms with Crippen LogP contribution in [0.25, 0.3) is 0 Å². The Morgan fingerprint density at radius 3 is 2.21 bits per heavy atom. The average Bonchev–Trinajstić information content (AvgIpc) is 2.59. The number of hydrogen-bond acceptors (Lipinski definition) is 5. The minimum Gasteiger partial charge on any atom is -0.493 e. The number of carboxylic acids is 1. The smallest absolute Gasteiger partial charge is 0.335 e. The van der Waals surface area contributed by atoms with Crippen LogP contribution in [-0.4, -0.2) is 33.7 Å². The van der Waals surface area contributed by atoms with Crippen molar-refractivity contribution in [3.8, 4) is 11.5 Å². The predicted molar refractivity (Wildman–Crippen MR) is 87.0 cm³/mol. The van der Waals surface area contributed by atoms with E-state index < -0.39 is 16.0 Å². The van der Waals surface area contributed by atoms with Gasteiger partial charge in [-0.2, -0.15) is 0 Å².